The van der Waals surface area contributed by atoms with Crippen molar-refractivity contribution in [3.8, 4) is 5.75 Å². The largest absolute Gasteiger partial charge is 0.492 e. The van der Waals surface area contributed by atoms with Crippen molar-refractivity contribution in [2.24, 2.45) is 33.4 Å². The van der Waals surface area contributed by atoms with Gasteiger partial charge in [0.2, 0.25) is 5.91 Å². The highest BCUT2D eigenvalue weighted by Crippen LogP contribution is 2.37. The van der Waals surface area contributed by atoms with Crippen molar-refractivity contribution >= 4 is 28.8 Å². The first-order chi connectivity index (χ1) is 24.8. The molecule has 7 nitrogen and oxygen atoms in total. The van der Waals surface area contributed by atoms with Crippen LogP contribution < -0.4 is 15.0 Å². The maximum absolute atomic E-state index is 13.2. The third-order valence-electron chi connectivity index (χ3n) is 10.0. The molecule has 294 valence electrons. The summed E-state index contributed by atoms with van der Waals surface area (Å²) < 4.78 is 6.22. The van der Waals surface area contributed by atoms with E-state index in [9.17, 15) is 9.59 Å². The maximum Gasteiger partial charge on any atom is 0.227 e. The predicted molar refractivity (Wildman–Crippen MR) is 224 cm³/mol. The predicted octanol–water partition coefficient (Wildman–Crippen LogP) is 13.4. The Morgan fingerprint density at radius 3 is 1.77 bits per heavy atom. The molecule has 2 aromatic carbocycles. The molecule has 3 unspecified atom stereocenters. The van der Waals surface area contributed by atoms with E-state index in [2.05, 4.69) is 88.0 Å². The van der Waals surface area contributed by atoms with Gasteiger partial charge in [0.05, 0.1) is 18.0 Å². The van der Waals surface area contributed by atoms with Gasteiger partial charge in [0, 0.05) is 42.7 Å². The van der Waals surface area contributed by atoms with Crippen LogP contribution in [0.2, 0.25) is 0 Å². The van der Waals surface area contributed by atoms with Crippen molar-refractivity contribution in [2.45, 2.75) is 153 Å². The van der Waals surface area contributed by atoms with Gasteiger partial charge in [-0.2, -0.15) is 10.2 Å². The van der Waals surface area contributed by atoms with E-state index in [1.807, 2.05) is 20.8 Å². The third-order valence-corrected chi connectivity index (χ3v) is 10.0. The zero-order valence-electron chi connectivity index (χ0n) is 35.4. The normalized spacial score (nSPS) is 13.2. The van der Waals surface area contributed by atoms with Crippen molar-refractivity contribution < 1.29 is 14.3 Å². The van der Waals surface area contributed by atoms with E-state index in [-0.39, 0.29) is 23.0 Å². The second-order valence-electron chi connectivity index (χ2n) is 15.5. The molecule has 7 heteroatoms. The number of azo groups is 1. The molecule has 0 heterocycles. The van der Waals surface area contributed by atoms with E-state index in [4.69, 9.17) is 4.74 Å². The summed E-state index contributed by atoms with van der Waals surface area (Å²) >= 11 is 0. The fraction of sp³-hybridized carbons (Fsp3) is 0.689. The molecule has 52 heavy (non-hydrogen) atoms. The maximum atomic E-state index is 13.2. The van der Waals surface area contributed by atoms with Gasteiger partial charge in [0.25, 0.3) is 0 Å². The Morgan fingerprint density at radius 1 is 0.788 bits per heavy atom. The monoisotopic (exact) mass is 721 g/mol. The fourth-order valence-corrected chi connectivity index (χ4v) is 6.49. The van der Waals surface area contributed by atoms with Crippen LogP contribution in [0.5, 0.6) is 5.75 Å². The van der Waals surface area contributed by atoms with Crippen molar-refractivity contribution in [1.29, 1.82) is 0 Å². The Labute approximate surface area is 319 Å². The average molecular weight is 721 g/mol. The number of Topliss-reactive ketones (excluding diaryl/α,β-unsaturated/α-hetero) is 1. The van der Waals surface area contributed by atoms with Crippen LogP contribution in [0.25, 0.3) is 0 Å². The smallest absolute Gasteiger partial charge is 0.227 e. The van der Waals surface area contributed by atoms with Crippen LogP contribution in [-0.2, 0) is 4.79 Å². The number of amides is 1. The van der Waals surface area contributed by atoms with E-state index >= 15 is 0 Å². The number of carbonyl (C=O) groups is 2. The summed E-state index contributed by atoms with van der Waals surface area (Å²) in [5.74, 6) is 2.65. The summed E-state index contributed by atoms with van der Waals surface area (Å²) in [5, 5.41) is 10.9. The number of ketones is 1. The molecule has 0 saturated heterocycles. The second kappa shape index (κ2) is 25.7. The molecule has 0 aliphatic heterocycles. The summed E-state index contributed by atoms with van der Waals surface area (Å²) in [6.45, 7) is 26.2. The molecule has 0 fully saturated rings. The SMILES string of the molecule is CCCCC(CC)CN(CC(CC)CCCC)c1cc(NC(=O)C(CC)CCCC)c(C)cc1OCC.CN=Nc1ccc(C(=O)C(C)(C)C)cc1. The number of nitrogens with zero attached hydrogens (tertiary/aromatic N) is 3. The topological polar surface area (TPSA) is 83.4 Å². The first kappa shape index (κ1) is 46.8. The summed E-state index contributed by atoms with van der Waals surface area (Å²) in [7, 11) is 1.62. The van der Waals surface area contributed by atoms with Crippen LogP contribution in [0.4, 0.5) is 17.1 Å². The van der Waals surface area contributed by atoms with Gasteiger partial charge in [-0.15, -0.1) is 0 Å². The highest BCUT2D eigenvalue weighted by atomic mass is 16.5. The summed E-state index contributed by atoms with van der Waals surface area (Å²) in [6, 6.07) is 11.5. The molecule has 0 bridgehead atoms. The minimum atomic E-state index is -0.339. The van der Waals surface area contributed by atoms with Gasteiger partial charge < -0.3 is 15.0 Å². The molecule has 0 aromatic heterocycles. The summed E-state index contributed by atoms with van der Waals surface area (Å²) in [6.07, 6.45) is 14.0. The lowest BCUT2D eigenvalue weighted by molar-refractivity contribution is -0.120. The number of hydrogen-bond donors (Lipinski definition) is 1. The van der Waals surface area contributed by atoms with Crippen LogP contribution in [0.1, 0.15) is 162 Å². The minimum absolute atomic E-state index is 0.0718. The van der Waals surface area contributed by atoms with Crippen molar-refractivity contribution in [2.75, 3.05) is 37.0 Å². The Kier molecular flexibility index (Phi) is 23.1. The third kappa shape index (κ3) is 16.6. The lowest BCUT2D eigenvalue weighted by Crippen LogP contribution is -2.34. The Bertz CT molecular complexity index is 1300. The highest BCUT2D eigenvalue weighted by molar-refractivity contribution is 6.00. The first-order valence-electron chi connectivity index (χ1n) is 20.6. The van der Waals surface area contributed by atoms with Crippen LogP contribution in [0.3, 0.4) is 0 Å². The van der Waals surface area contributed by atoms with Gasteiger partial charge in [-0.3, -0.25) is 9.59 Å². The molecule has 1 amide bonds. The van der Waals surface area contributed by atoms with E-state index in [0.29, 0.717) is 18.4 Å². The molecule has 2 aromatic rings. The second-order valence-corrected chi connectivity index (χ2v) is 15.5. The minimum Gasteiger partial charge on any atom is -0.492 e. The average Bonchev–Trinajstić information content (AvgIpc) is 3.12. The van der Waals surface area contributed by atoms with Gasteiger partial charge in [-0.1, -0.05) is 114 Å². The molecular formula is C45H76N4O3. The van der Waals surface area contributed by atoms with Gasteiger partial charge in [-0.25, -0.2) is 0 Å². The Balaban J connectivity index is 0.000000747. The Morgan fingerprint density at radius 2 is 1.33 bits per heavy atom. The van der Waals surface area contributed by atoms with Gasteiger partial charge in [0.1, 0.15) is 5.75 Å². The van der Waals surface area contributed by atoms with Gasteiger partial charge in [-0.05, 0) is 93.3 Å². The molecule has 0 aliphatic carbocycles. The molecule has 0 spiro atoms. The number of aryl methyl sites for hydroxylation is 1. The standard InChI is InChI=1S/C33H60N2O2.C12H16N2O/c1-9-16-19-27(12-4)24-35(25-28(13-5)20-17-10-2)31-23-30(26(8)22-32(31)37-15-7)34-33(36)29(14-6)21-18-11-3;1-12(2,3)11(15)9-5-7-10(8-6-9)14-13-4/h22-23,27-29H,9-21,24-25H2,1-8H3,(H,34,36);5-8H,1-4H3. The highest BCUT2D eigenvalue weighted by Gasteiger charge is 2.24. The zero-order chi connectivity index (χ0) is 39.1. The molecule has 1 N–H and O–H groups in total. The molecule has 3 atom stereocenters. The van der Waals surface area contributed by atoms with Crippen LogP contribution >= 0.6 is 0 Å². The van der Waals surface area contributed by atoms with Crippen molar-refractivity contribution in [3.63, 3.8) is 0 Å². The number of hydrogen-bond acceptors (Lipinski definition) is 6. The van der Waals surface area contributed by atoms with Crippen molar-refractivity contribution in [1.82, 2.24) is 0 Å². The van der Waals surface area contributed by atoms with Gasteiger partial charge in [0.15, 0.2) is 5.78 Å². The number of benzene rings is 2. The number of ether oxygens (including phenoxy) is 1. The summed E-state index contributed by atoms with van der Waals surface area (Å²) in [4.78, 5) is 27.7. The summed E-state index contributed by atoms with van der Waals surface area (Å²) in [5.41, 5.74) is 4.30. The van der Waals surface area contributed by atoms with E-state index < -0.39 is 0 Å². The van der Waals surface area contributed by atoms with E-state index in [1.54, 1.807) is 31.3 Å². The first-order valence-corrected chi connectivity index (χ1v) is 20.6. The van der Waals surface area contributed by atoms with Gasteiger partial charge >= 0.3 is 0 Å². The number of rotatable bonds is 23. The molecule has 2 rings (SSSR count). The lowest BCUT2D eigenvalue weighted by Gasteiger charge is -2.34. The van der Waals surface area contributed by atoms with Crippen molar-refractivity contribution in [3.05, 3.63) is 47.5 Å². The lowest BCUT2D eigenvalue weighted by atomic mass is 9.86. The number of anilines is 2. The molecular weight excluding hydrogens is 645 g/mol. The number of carbonyl (C=O) groups excluding carboxylic acids is 2. The number of nitrogens with one attached hydrogen (secondary N) is 1. The molecule has 0 radical (unpaired) electrons. The van der Waals surface area contributed by atoms with Crippen LogP contribution in [0, 0.1) is 30.1 Å². The molecule has 0 aliphatic rings. The molecule has 0 saturated carbocycles. The fourth-order valence-electron chi connectivity index (χ4n) is 6.49. The van der Waals surface area contributed by atoms with Crippen LogP contribution in [0.15, 0.2) is 46.6 Å². The van der Waals surface area contributed by atoms with E-state index in [0.717, 1.165) is 72.7 Å². The van der Waals surface area contributed by atoms with E-state index in [1.165, 1.54) is 51.4 Å². The zero-order valence-corrected chi connectivity index (χ0v) is 35.4. The quantitative estimate of drug-likeness (QED) is 0.0915. The number of unbranched alkanes of at least 4 members (excludes halogenated alkanes) is 3. The van der Waals surface area contributed by atoms with Crippen LogP contribution in [-0.4, -0.2) is 38.4 Å². The Hall–Kier alpha value is -3.22.